The molecule has 4 N–H and O–H groups in total. The summed E-state index contributed by atoms with van der Waals surface area (Å²) in [6.07, 6.45) is 6.15. The number of para-hydroxylation sites is 1. The summed E-state index contributed by atoms with van der Waals surface area (Å²) in [5.74, 6) is -0.452. The highest BCUT2D eigenvalue weighted by Crippen LogP contribution is 2.27. The maximum absolute atomic E-state index is 13.1. The zero-order valence-corrected chi connectivity index (χ0v) is 23.2. The molecule has 6 rings (SSSR count). The summed E-state index contributed by atoms with van der Waals surface area (Å²) in [5, 5.41) is 22.3. The quantitative estimate of drug-likeness (QED) is 0.215. The average Bonchev–Trinajstić information content (AvgIpc) is 3.65. The fraction of sp³-hybridized carbons (Fsp3) is 0.267. The lowest BCUT2D eigenvalue weighted by Crippen LogP contribution is -2.42. The molecule has 2 unspecified atom stereocenters. The predicted molar refractivity (Wildman–Crippen MR) is 156 cm³/mol. The van der Waals surface area contributed by atoms with Gasteiger partial charge in [0, 0.05) is 36.4 Å². The third kappa shape index (κ3) is 5.41. The summed E-state index contributed by atoms with van der Waals surface area (Å²) in [6, 6.07) is 14.5. The molecule has 10 nitrogen and oxygen atoms in total. The van der Waals surface area contributed by atoms with Gasteiger partial charge in [0.05, 0.1) is 28.5 Å². The molecule has 41 heavy (non-hydrogen) atoms. The van der Waals surface area contributed by atoms with Crippen LogP contribution < -0.4 is 10.6 Å². The minimum Gasteiger partial charge on any atom is -0.361 e. The maximum Gasteiger partial charge on any atom is 0.251 e. The molecule has 210 valence electrons. The van der Waals surface area contributed by atoms with E-state index in [1.165, 1.54) is 4.90 Å². The monoisotopic (exact) mass is 571 g/mol. The molecule has 2 amide bonds. The number of fused-ring (bicyclic) bond motifs is 2. The molecule has 2 aromatic carbocycles. The lowest BCUT2D eigenvalue weighted by Gasteiger charge is -2.19. The maximum atomic E-state index is 13.1. The van der Waals surface area contributed by atoms with Crippen molar-refractivity contribution in [3.8, 4) is 0 Å². The molecular formula is C30H30ClN7O3. The number of amides is 2. The second-order valence-corrected chi connectivity index (χ2v) is 10.7. The Morgan fingerprint density at radius 1 is 1.15 bits per heavy atom. The minimum absolute atomic E-state index is 0.176. The average molecular weight is 572 g/mol. The Bertz CT molecular complexity index is 1750. The van der Waals surface area contributed by atoms with Crippen LogP contribution in [-0.4, -0.2) is 66.9 Å². The lowest BCUT2D eigenvalue weighted by molar-refractivity contribution is -0.134. The summed E-state index contributed by atoms with van der Waals surface area (Å²) in [5.41, 5.74) is 6.28. The Kier molecular flexibility index (Phi) is 7.44. The number of aliphatic hydroxyl groups is 1. The van der Waals surface area contributed by atoms with Crippen molar-refractivity contribution in [2.75, 3.05) is 13.1 Å². The number of halogens is 1. The van der Waals surface area contributed by atoms with Crippen LogP contribution in [-0.2, 0) is 24.1 Å². The molecule has 0 aliphatic carbocycles. The minimum atomic E-state index is -1.13. The second-order valence-electron chi connectivity index (χ2n) is 10.2. The number of rotatable bonds is 9. The van der Waals surface area contributed by atoms with E-state index in [-0.39, 0.29) is 24.9 Å². The van der Waals surface area contributed by atoms with Crippen LogP contribution in [0.15, 0.2) is 67.1 Å². The van der Waals surface area contributed by atoms with Crippen LogP contribution in [0.3, 0.4) is 0 Å². The fourth-order valence-electron chi connectivity index (χ4n) is 5.39. The van der Waals surface area contributed by atoms with Crippen molar-refractivity contribution < 1.29 is 14.7 Å². The van der Waals surface area contributed by atoms with Crippen molar-refractivity contribution >= 4 is 40.0 Å². The van der Waals surface area contributed by atoms with Gasteiger partial charge in [-0.3, -0.25) is 14.9 Å². The van der Waals surface area contributed by atoms with Gasteiger partial charge in [-0.25, -0.2) is 9.50 Å². The van der Waals surface area contributed by atoms with E-state index in [2.05, 4.69) is 25.7 Å². The van der Waals surface area contributed by atoms with Gasteiger partial charge in [-0.05, 0) is 73.2 Å². The van der Waals surface area contributed by atoms with Crippen LogP contribution in [0.25, 0.3) is 16.6 Å². The second kappa shape index (κ2) is 11.3. The van der Waals surface area contributed by atoms with E-state index in [1.807, 2.05) is 60.2 Å². The van der Waals surface area contributed by atoms with Gasteiger partial charge in [-0.15, -0.1) is 0 Å². The number of hydrogen-bond donors (Lipinski definition) is 4. The van der Waals surface area contributed by atoms with Gasteiger partial charge in [0.1, 0.15) is 0 Å². The molecule has 0 spiro atoms. The highest BCUT2D eigenvalue weighted by molar-refractivity contribution is 6.35. The van der Waals surface area contributed by atoms with Gasteiger partial charge >= 0.3 is 0 Å². The Labute approximate surface area is 241 Å². The number of H-pyrrole nitrogens is 1. The third-order valence-corrected chi connectivity index (χ3v) is 7.96. The number of aromatic amines is 1. The van der Waals surface area contributed by atoms with E-state index in [4.69, 9.17) is 11.6 Å². The summed E-state index contributed by atoms with van der Waals surface area (Å²) in [6.45, 7) is 2.41. The zero-order valence-electron chi connectivity index (χ0n) is 22.5. The van der Waals surface area contributed by atoms with Crippen LogP contribution in [0.4, 0.5) is 0 Å². The van der Waals surface area contributed by atoms with Crippen LogP contribution in [0.5, 0.6) is 0 Å². The summed E-state index contributed by atoms with van der Waals surface area (Å²) in [7, 11) is 0. The molecule has 1 saturated heterocycles. The van der Waals surface area contributed by atoms with Gasteiger partial charge in [0.2, 0.25) is 5.91 Å². The molecular weight excluding hydrogens is 542 g/mol. The standard InChI is InChI=1S/C30H30ClN7O3/c1-18-7-8-20(14-19(18)9-10-22-17-33-26-6-3-11-35-38(22)26)28(39)32-12-13-37-29(40)25(36-30(37)41)15-21-16-34-27-23(21)4-2-5-24(27)31/h2-8,11,14,16-17,25,30,34,36,41H,9-10,12-13,15H2,1H3,(H,32,39). The molecule has 1 aliphatic rings. The van der Waals surface area contributed by atoms with Gasteiger partial charge in [0.15, 0.2) is 12.0 Å². The van der Waals surface area contributed by atoms with Crippen LogP contribution in [0, 0.1) is 6.92 Å². The molecule has 0 saturated carbocycles. The lowest BCUT2D eigenvalue weighted by atomic mass is 10.00. The van der Waals surface area contributed by atoms with E-state index in [9.17, 15) is 14.7 Å². The highest BCUT2D eigenvalue weighted by atomic mass is 35.5. The molecule has 3 aromatic heterocycles. The fourth-order valence-corrected chi connectivity index (χ4v) is 5.62. The molecule has 4 heterocycles. The van der Waals surface area contributed by atoms with Crippen molar-refractivity contribution in [1.82, 2.24) is 35.1 Å². The molecule has 2 atom stereocenters. The molecule has 1 fully saturated rings. The van der Waals surface area contributed by atoms with E-state index in [1.54, 1.807) is 18.3 Å². The Balaban J connectivity index is 1.04. The van der Waals surface area contributed by atoms with E-state index in [0.29, 0.717) is 17.0 Å². The predicted octanol–water partition coefficient (Wildman–Crippen LogP) is 3.01. The van der Waals surface area contributed by atoms with E-state index >= 15 is 0 Å². The molecule has 5 aromatic rings. The van der Waals surface area contributed by atoms with Crippen molar-refractivity contribution in [2.24, 2.45) is 0 Å². The number of aromatic nitrogens is 4. The molecule has 11 heteroatoms. The topological polar surface area (TPSA) is 128 Å². The SMILES string of the molecule is Cc1ccc(C(=O)NCCN2C(=O)C(Cc3c[nH]c4c(Cl)cccc34)NC2O)cc1CCc1cnc2cccnn12. The van der Waals surface area contributed by atoms with Crippen LogP contribution in [0.2, 0.25) is 5.02 Å². The normalized spacial score (nSPS) is 17.1. The first-order valence-electron chi connectivity index (χ1n) is 13.5. The van der Waals surface area contributed by atoms with Crippen LogP contribution in [0.1, 0.15) is 32.7 Å². The Hall–Kier alpha value is -4.25. The number of nitrogens with zero attached hydrogens (tertiary/aromatic N) is 4. The number of nitrogens with one attached hydrogen (secondary N) is 3. The third-order valence-electron chi connectivity index (χ3n) is 7.65. The highest BCUT2D eigenvalue weighted by Gasteiger charge is 2.37. The number of aryl methyl sites for hydroxylation is 3. The van der Waals surface area contributed by atoms with Gasteiger partial charge in [-0.2, -0.15) is 5.10 Å². The number of carbonyl (C=O) groups excluding carboxylic acids is 2. The largest absolute Gasteiger partial charge is 0.361 e. The van der Waals surface area contributed by atoms with Gasteiger partial charge < -0.3 is 20.3 Å². The van der Waals surface area contributed by atoms with Gasteiger partial charge in [0.25, 0.3) is 5.91 Å². The first-order chi connectivity index (χ1) is 19.9. The summed E-state index contributed by atoms with van der Waals surface area (Å²) >= 11 is 6.26. The van der Waals surface area contributed by atoms with Crippen molar-refractivity contribution in [1.29, 1.82) is 0 Å². The summed E-state index contributed by atoms with van der Waals surface area (Å²) in [4.78, 5) is 34.9. The molecule has 0 radical (unpaired) electrons. The van der Waals surface area contributed by atoms with E-state index in [0.717, 1.165) is 51.8 Å². The number of carbonyl (C=O) groups is 2. The summed E-state index contributed by atoms with van der Waals surface area (Å²) < 4.78 is 1.83. The number of hydrogen-bond acceptors (Lipinski definition) is 6. The Morgan fingerprint density at radius 2 is 2.02 bits per heavy atom. The Morgan fingerprint density at radius 3 is 2.90 bits per heavy atom. The number of benzene rings is 2. The molecule has 0 bridgehead atoms. The zero-order chi connectivity index (χ0) is 28.5. The first-order valence-corrected chi connectivity index (χ1v) is 13.9. The molecule has 1 aliphatic heterocycles. The van der Waals surface area contributed by atoms with Gasteiger partial charge in [-0.1, -0.05) is 29.8 Å². The van der Waals surface area contributed by atoms with Crippen LogP contribution >= 0.6 is 11.6 Å². The first kappa shape index (κ1) is 26.9. The van der Waals surface area contributed by atoms with Crippen molar-refractivity contribution in [3.63, 3.8) is 0 Å². The van der Waals surface area contributed by atoms with E-state index < -0.39 is 12.4 Å². The van der Waals surface area contributed by atoms with Crippen molar-refractivity contribution in [2.45, 2.75) is 38.6 Å². The number of aliphatic hydroxyl groups excluding tert-OH is 1. The smallest absolute Gasteiger partial charge is 0.251 e. The number of imidazole rings is 1. The van der Waals surface area contributed by atoms with Crippen molar-refractivity contribution in [3.05, 3.63) is 100 Å².